The van der Waals surface area contributed by atoms with E-state index in [4.69, 9.17) is 0 Å². The molecule has 1 rings (SSSR count). The Morgan fingerprint density at radius 1 is 1.50 bits per heavy atom. The standard InChI is InChI=1S/C11H21NO2/c1-11(2)6-4-7-12(9-11)8-5-10(13)14-3/h4-9H2,1-3H3. The van der Waals surface area contributed by atoms with Gasteiger partial charge in [-0.3, -0.25) is 4.79 Å². The molecule has 1 aliphatic rings. The number of rotatable bonds is 3. The minimum atomic E-state index is -0.103. The van der Waals surface area contributed by atoms with Gasteiger partial charge in [-0.1, -0.05) is 13.8 Å². The maximum absolute atomic E-state index is 11.0. The SMILES string of the molecule is COC(=O)CCN1CCCC(C)(C)C1. The van der Waals surface area contributed by atoms with Crippen molar-refractivity contribution >= 4 is 5.97 Å². The zero-order valence-electron chi connectivity index (χ0n) is 9.51. The van der Waals surface area contributed by atoms with Gasteiger partial charge in [0.25, 0.3) is 0 Å². The quantitative estimate of drug-likeness (QED) is 0.648. The van der Waals surface area contributed by atoms with Gasteiger partial charge in [0.2, 0.25) is 0 Å². The lowest BCUT2D eigenvalue weighted by atomic mass is 9.84. The third kappa shape index (κ3) is 3.66. The van der Waals surface area contributed by atoms with Crippen LogP contribution < -0.4 is 0 Å². The summed E-state index contributed by atoms with van der Waals surface area (Å²) in [4.78, 5) is 13.3. The van der Waals surface area contributed by atoms with Crippen LogP contribution in [0.5, 0.6) is 0 Å². The minimum Gasteiger partial charge on any atom is -0.469 e. The highest BCUT2D eigenvalue weighted by molar-refractivity contribution is 5.69. The maximum Gasteiger partial charge on any atom is 0.306 e. The molecule has 0 aromatic heterocycles. The number of carbonyl (C=O) groups is 1. The van der Waals surface area contributed by atoms with E-state index in [1.54, 1.807) is 0 Å². The molecule has 0 spiro atoms. The van der Waals surface area contributed by atoms with Crippen molar-refractivity contribution in [3.8, 4) is 0 Å². The first-order chi connectivity index (χ1) is 6.53. The first-order valence-electron chi connectivity index (χ1n) is 5.33. The third-order valence-corrected chi connectivity index (χ3v) is 2.84. The second kappa shape index (κ2) is 4.78. The van der Waals surface area contributed by atoms with E-state index in [9.17, 15) is 4.79 Å². The number of likely N-dealkylation sites (tertiary alicyclic amines) is 1. The van der Waals surface area contributed by atoms with E-state index >= 15 is 0 Å². The van der Waals surface area contributed by atoms with Gasteiger partial charge in [-0.05, 0) is 24.8 Å². The first kappa shape index (κ1) is 11.5. The predicted octanol–water partition coefficient (Wildman–Crippen LogP) is 1.67. The monoisotopic (exact) mass is 199 g/mol. The average molecular weight is 199 g/mol. The van der Waals surface area contributed by atoms with Crippen LogP contribution >= 0.6 is 0 Å². The van der Waals surface area contributed by atoms with E-state index in [1.807, 2.05) is 0 Å². The molecule has 0 bridgehead atoms. The number of nitrogens with zero attached hydrogens (tertiary/aromatic N) is 1. The number of carbonyl (C=O) groups excluding carboxylic acids is 1. The van der Waals surface area contributed by atoms with Crippen molar-refractivity contribution in [2.45, 2.75) is 33.1 Å². The Hall–Kier alpha value is -0.570. The summed E-state index contributed by atoms with van der Waals surface area (Å²) in [6, 6.07) is 0. The Morgan fingerprint density at radius 2 is 2.21 bits per heavy atom. The van der Waals surface area contributed by atoms with E-state index in [1.165, 1.54) is 20.0 Å². The molecular weight excluding hydrogens is 178 g/mol. The third-order valence-electron chi connectivity index (χ3n) is 2.84. The Bertz CT molecular complexity index is 201. The van der Waals surface area contributed by atoms with Crippen LogP contribution in [0, 0.1) is 5.41 Å². The Kier molecular flexibility index (Phi) is 3.93. The van der Waals surface area contributed by atoms with Gasteiger partial charge in [-0.15, -0.1) is 0 Å². The predicted molar refractivity (Wildman–Crippen MR) is 56.1 cm³/mol. The Balaban J connectivity index is 2.28. The van der Waals surface area contributed by atoms with Gasteiger partial charge in [-0.25, -0.2) is 0 Å². The summed E-state index contributed by atoms with van der Waals surface area (Å²) in [6.45, 7) is 7.65. The summed E-state index contributed by atoms with van der Waals surface area (Å²) < 4.78 is 4.63. The highest BCUT2D eigenvalue weighted by Gasteiger charge is 2.26. The molecule has 0 amide bonds. The molecule has 3 nitrogen and oxygen atoms in total. The molecule has 0 radical (unpaired) electrons. The lowest BCUT2D eigenvalue weighted by Crippen LogP contribution is -2.40. The second-order valence-corrected chi connectivity index (χ2v) is 4.87. The van der Waals surface area contributed by atoms with E-state index in [0.717, 1.165) is 19.6 Å². The fraction of sp³-hybridized carbons (Fsp3) is 0.909. The van der Waals surface area contributed by atoms with Crippen molar-refractivity contribution in [3.05, 3.63) is 0 Å². The van der Waals surface area contributed by atoms with Crippen molar-refractivity contribution in [3.63, 3.8) is 0 Å². The molecule has 1 saturated heterocycles. The van der Waals surface area contributed by atoms with Gasteiger partial charge >= 0.3 is 5.97 Å². The first-order valence-corrected chi connectivity index (χ1v) is 5.33. The molecule has 0 saturated carbocycles. The number of esters is 1. The highest BCUT2D eigenvalue weighted by Crippen LogP contribution is 2.28. The summed E-state index contributed by atoms with van der Waals surface area (Å²) in [5.74, 6) is -0.103. The van der Waals surface area contributed by atoms with Crippen LogP contribution in [0.15, 0.2) is 0 Å². The normalized spacial score (nSPS) is 21.9. The Morgan fingerprint density at radius 3 is 2.79 bits per heavy atom. The van der Waals surface area contributed by atoms with Crippen molar-refractivity contribution in [2.24, 2.45) is 5.41 Å². The Labute approximate surface area is 86.4 Å². The van der Waals surface area contributed by atoms with Crippen LogP contribution in [0.4, 0.5) is 0 Å². The van der Waals surface area contributed by atoms with Gasteiger partial charge in [0.15, 0.2) is 0 Å². The number of methoxy groups -OCH3 is 1. The molecule has 1 aliphatic heterocycles. The summed E-state index contributed by atoms with van der Waals surface area (Å²) >= 11 is 0. The molecule has 14 heavy (non-hydrogen) atoms. The molecule has 0 aromatic rings. The molecule has 0 aromatic carbocycles. The lowest BCUT2D eigenvalue weighted by Gasteiger charge is -2.37. The van der Waals surface area contributed by atoms with Crippen molar-refractivity contribution in [1.29, 1.82) is 0 Å². The molecule has 0 unspecified atom stereocenters. The largest absolute Gasteiger partial charge is 0.469 e. The summed E-state index contributed by atoms with van der Waals surface area (Å²) in [5, 5.41) is 0. The number of hydrogen-bond donors (Lipinski definition) is 0. The molecule has 3 heteroatoms. The van der Waals surface area contributed by atoms with Crippen LogP contribution in [0.1, 0.15) is 33.1 Å². The molecule has 0 N–H and O–H groups in total. The van der Waals surface area contributed by atoms with Crippen LogP contribution in [-0.4, -0.2) is 37.6 Å². The van der Waals surface area contributed by atoms with Crippen molar-refractivity contribution < 1.29 is 9.53 Å². The molecule has 1 fully saturated rings. The number of ether oxygens (including phenoxy) is 1. The number of hydrogen-bond acceptors (Lipinski definition) is 3. The summed E-state index contributed by atoms with van der Waals surface area (Å²) in [5.41, 5.74) is 0.411. The summed E-state index contributed by atoms with van der Waals surface area (Å²) in [6.07, 6.45) is 3.06. The maximum atomic E-state index is 11.0. The van der Waals surface area contributed by atoms with Gasteiger partial charge < -0.3 is 9.64 Å². The smallest absolute Gasteiger partial charge is 0.306 e. The topological polar surface area (TPSA) is 29.5 Å². The van der Waals surface area contributed by atoms with E-state index in [0.29, 0.717) is 11.8 Å². The van der Waals surface area contributed by atoms with Gasteiger partial charge in [0.1, 0.15) is 0 Å². The van der Waals surface area contributed by atoms with Crippen LogP contribution in [-0.2, 0) is 9.53 Å². The molecule has 1 heterocycles. The fourth-order valence-corrected chi connectivity index (χ4v) is 2.09. The molecular formula is C11H21NO2. The van der Waals surface area contributed by atoms with Crippen LogP contribution in [0.2, 0.25) is 0 Å². The van der Waals surface area contributed by atoms with Crippen molar-refractivity contribution in [2.75, 3.05) is 26.7 Å². The second-order valence-electron chi connectivity index (χ2n) is 4.87. The number of piperidine rings is 1. The zero-order chi connectivity index (χ0) is 10.6. The van der Waals surface area contributed by atoms with E-state index in [-0.39, 0.29) is 5.97 Å². The highest BCUT2D eigenvalue weighted by atomic mass is 16.5. The van der Waals surface area contributed by atoms with E-state index in [2.05, 4.69) is 23.5 Å². The van der Waals surface area contributed by atoms with Crippen molar-refractivity contribution in [1.82, 2.24) is 4.90 Å². The molecule has 0 aliphatic carbocycles. The minimum absolute atomic E-state index is 0.103. The van der Waals surface area contributed by atoms with E-state index < -0.39 is 0 Å². The summed E-state index contributed by atoms with van der Waals surface area (Å²) in [7, 11) is 1.45. The van der Waals surface area contributed by atoms with Gasteiger partial charge in [-0.2, -0.15) is 0 Å². The van der Waals surface area contributed by atoms with Crippen LogP contribution in [0.25, 0.3) is 0 Å². The molecule has 82 valence electrons. The average Bonchev–Trinajstić information content (AvgIpc) is 2.12. The van der Waals surface area contributed by atoms with Gasteiger partial charge in [0, 0.05) is 13.1 Å². The molecule has 0 atom stereocenters. The lowest BCUT2D eigenvalue weighted by molar-refractivity contribution is -0.141. The zero-order valence-corrected chi connectivity index (χ0v) is 9.51. The fourth-order valence-electron chi connectivity index (χ4n) is 2.09. The van der Waals surface area contributed by atoms with Crippen LogP contribution in [0.3, 0.4) is 0 Å². The van der Waals surface area contributed by atoms with Gasteiger partial charge in [0.05, 0.1) is 13.5 Å².